The minimum absolute atomic E-state index is 0.188. The van der Waals surface area contributed by atoms with Gasteiger partial charge in [0.15, 0.2) is 0 Å². The van der Waals surface area contributed by atoms with Crippen LogP contribution in [0.25, 0.3) is 0 Å². The van der Waals surface area contributed by atoms with Gasteiger partial charge in [0.05, 0.1) is 5.56 Å². The highest BCUT2D eigenvalue weighted by molar-refractivity contribution is 5.89. The fraction of sp³-hybridized carbons (Fsp3) is 0.312. The average Bonchev–Trinajstić information content (AvgIpc) is 2.68. The third kappa shape index (κ3) is 3.33. The Morgan fingerprint density at radius 1 is 1.22 bits per heavy atom. The van der Waals surface area contributed by atoms with E-state index in [9.17, 15) is 4.79 Å². The fourth-order valence-corrected chi connectivity index (χ4v) is 1.96. The number of ether oxygens (including phenoxy) is 1. The lowest BCUT2D eigenvalue weighted by molar-refractivity contribution is 0.0411. The van der Waals surface area contributed by atoms with Crippen molar-refractivity contribution in [2.24, 2.45) is 0 Å². The molecule has 18 heavy (non-hydrogen) atoms. The summed E-state index contributed by atoms with van der Waals surface area (Å²) in [5.41, 5.74) is 1.69. The second-order valence-corrected chi connectivity index (χ2v) is 4.45. The molecule has 1 atom stereocenters. The first-order valence-corrected chi connectivity index (χ1v) is 6.40. The largest absolute Gasteiger partial charge is 0.454 e. The van der Waals surface area contributed by atoms with E-state index in [4.69, 9.17) is 4.74 Å². The van der Waals surface area contributed by atoms with E-state index >= 15 is 0 Å². The van der Waals surface area contributed by atoms with Gasteiger partial charge in [-0.05, 0) is 43.9 Å². The van der Waals surface area contributed by atoms with Crippen LogP contribution in [0, 0.1) is 0 Å². The molecule has 0 heterocycles. The Morgan fingerprint density at radius 3 is 2.78 bits per heavy atom. The molecule has 0 amide bonds. The highest BCUT2D eigenvalue weighted by Crippen LogP contribution is 2.17. The molecule has 0 aromatic heterocycles. The summed E-state index contributed by atoms with van der Waals surface area (Å²) < 4.78 is 5.47. The van der Waals surface area contributed by atoms with Crippen molar-refractivity contribution in [1.82, 2.24) is 0 Å². The van der Waals surface area contributed by atoms with Gasteiger partial charge in [-0.15, -0.1) is 0 Å². The van der Waals surface area contributed by atoms with E-state index in [1.54, 1.807) is 12.1 Å². The summed E-state index contributed by atoms with van der Waals surface area (Å²) in [6.45, 7) is 1.92. The maximum atomic E-state index is 11.9. The molecule has 0 fully saturated rings. The van der Waals surface area contributed by atoms with Crippen LogP contribution in [0.2, 0.25) is 0 Å². The molecule has 0 N–H and O–H groups in total. The van der Waals surface area contributed by atoms with E-state index in [1.165, 1.54) is 6.42 Å². The molecule has 1 aliphatic carbocycles. The molecular formula is C16H18O2. The normalized spacial score (nSPS) is 16.6. The van der Waals surface area contributed by atoms with Gasteiger partial charge < -0.3 is 4.74 Å². The molecule has 2 rings (SSSR count). The maximum Gasteiger partial charge on any atom is 0.338 e. The molecule has 0 saturated heterocycles. The average molecular weight is 242 g/mol. The molecule has 1 aromatic rings. The van der Waals surface area contributed by atoms with E-state index in [-0.39, 0.29) is 12.1 Å². The molecule has 2 heteroatoms. The zero-order valence-electron chi connectivity index (χ0n) is 10.6. The number of allylic oxidation sites excluding steroid dienone is 2. The molecule has 94 valence electrons. The Labute approximate surface area is 108 Å². The number of carbonyl (C=O) groups is 1. The lowest BCUT2D eigenvalue weighted by Gasteiger charge is -2.14. The predicted octanol–water partition coefficient (Wildman–Crippen LogP) is 3.90. The van der Waals surface area contributed by atoms with Crippen LogP contribution in [0.5, 0.6) is 0 Å². The number of hydrogen-bond donors (Lipinski definition) is 0. The van der Waals surface area contributed by atoms with E-state index in [2.05, 4.69) is 18.2 Å². The Morgan fingerprint density at radius 2 is 2.00 bits per heavy atom. The van der Waals surface area contributed by atoms with Crippen LogP contribution in [0.1, 0.15) is 36.5 Å². The number of carbonyl (C=O) groups excluding carboxylic acids is 1. The van der Waals surface area contributed by atoms with Crippen molar-refractivity contribution in [1.29, 1.82) is 0 Å². The van der Waals surface area contributed by atoms with Crippen molar-refractivity contribution < 1.29 is 9.53 Å². The summed E-state index contributed by atoms with van der Waals surface area (Å²) >= 11 is 0. The van der Waals surface area contributed by atoms with Crippen molar-refractivity contribution in [2.75, 3.05) is 0 Å². The van der Waals surface area contributed by atoms with Gasteiger partial charge in [-0.2, -0.15) is 0 Å². The minimum Gasteiger partial charge on any atom is -0.454 e. The molecule has 0 bridgehead atoms. The zero-order valence-corrected chi connectivity index (χ0v) is 10.6. The second kappa shape index (κ2) is 6.20. The van der Waals surface area contributed by atoms with Gasteiger partial charge in [0.1, 0.15) is 6.10 Å². The van der Waals surface area contributed by atoms with Gasteiger partial charge in [-0.3, -0.25) is 0 Å². The molecular weight excluding hydrogens is 224 g/mol. The number of benzene rings is 1. The molecule has 0 saturated carbocycles. The van der Waals surface area contributed by atoms with Gasteiger partial charge in [-0.1, -0.05) is 36.4 Å². The third-order valence-corrected chi connectivity index (χ3v) is 3.03. The summed E-state index contributed by atoms with van der Waals surface area (Å²) in [4.78, 5) is 11.9. The predicted molar refractivity (Wildman–Crippen MR) is 72.4 cm³/mol. The quantitative estimate of drug-likeness (QED) is 0.751. The van der Waals surface area contributed by atoms with Crippen LogP contribution in [0.4, 0.5) is 0 Å². The van der Waals surface area contributed by atoms with E-state index in [0.29, 0.717) is 5.56 Å². The molecule has 2 nitrogen and oxygen atoms in total. The second-order valence-electron chi connectivity index (χ2n) is 4.45. The van der Waals surface area contributed by atoms with Crippen LogP contribution in [0.15, 0.2) is 54.1 Å². The lowest BCUT2D eigenvalue weighted by Crippen LogP contribution is -2.16. The van der Waals surface area contributed by atoms with Crippen molar-refractivity contribution in [2.45, 2.75) is 32.3 Å². The smallest absolute Gasteiger partial charge is 0.338 e. The minimum atomic E-state index is -0.262. The summed E-state index contributed by atoms with van der Waals surface area (Å²) in [6, 6.07) is 9.10. The van der Waals surface area contributed by atoms with Crippen molar-refractivity contribution >= 4 is 5.97 Å². The number of rotatable bonds is 3. The summed E-state index contributed by atoms with van der Waals surface area (Å²) in [5.74, 6) is -0.262. The van der Waals surface area contributed by atoms with E-state index < -0.39 is 0 Å². The molecule has 0 radical (unpaired) electrons. The van der Waals surface area contributed by atoms with Gasteiger partial charge in [-0.25, -0.2) is 4.79 Å². The SMILES string of the molecule is CC(OC(=O)c1ccccc1)C1=CCCCC=C1. The Balaban J connectivity index is 2.01. The van der Waals surface area contributed by atoms with E-state index in [0.717, 1.165) is 18.4 Å². The van der Waals surface area contributed by atoms with E-state index in [1.807, 2.05) is 25.1 Å². The molecule has 0 spiro atoms. The van der Waals surface area contributed by atoms with Crippen molar-refractivity contribution in [3.63, 3.8) is 0 Å². The fourth-order valence-electron chi connectivity index (χ4n) is 1.96. The molecule has 1 unspecified atom stereocenters. The standard InChI is InChI=1S/C16H18O2/c1-13(14-9-5-2-3-6-10-14)18-16(17)15-11-7-4-8-12-15/h4-5,7-13H,2-3,6H2,1H3. The third-order valence-electron chi connectivity index (χ3n) is 3.03. The van der Waals surface area contributed by atoms with Crippen LogP contribution < -0.4 is 0 Å². The topological polar surface area (TPSA) is 26.3 Å². The molecule has 1 aliphatic rings. The van der Waals surface area contributed by atoms with Gasteiger partial charge in [0.25, 0.3) is 0 Å². The first-order valence-electron chi connectivity index (χ1n) is 6.40. The van der Waals surface area contributed by atoms with Crippen LogP contribution >= 0.6 is 0 Å². The number of hydrogen-bond acceptors (Lipinski definition) is 2. The Hall–Kier alpha value is -1.83. The van der Waals surface area contributed by atoms with Gasteiger partial charge in [0, 0.05) is 0 Å². The highest BCUT2D eigenvalue weighted by Gasteiger charge is 2.14. The van der Waals surface area contributed by atoms with Crippen LogP contribution in [0.3, 0.4) is 0 Å². The summed E-state index contributed by atoms with van der Waals surface area (Å²) in [7, 11) is 0. The number of esters is 1. The Kier molecular flexibility index (Phi) is 4.35. The Bertz CT molecular complexity index is 457. The summed E-state index contributed by atoms with van der Waals surface area (Å²) in [5, 5.41) is 0. The monoisotopic (exact) mass is 242 g/mol. The first kappa shape index (κ1) is 12.6. The molecule has 1 aromatic carbocycles. The maximum absolute atomic E-state index is 11.9. The van der Waals surface area contributed by atoms with Crippen LogP contribution in [-0.4, -0.2) is 12.1 Å². The first-order chi connectivity index (χ1) is 8.77. The summed E-state index contributed by atoms with van der Waals surface area (Å²) in [6.07, 6.45) is 9.49. The van der Waals surface area contributed by atoms with Crippen LogP contribution in [-0.2, 0) is 4.74 Å². The highest BCUT2D eigenvalue weighted by atomic mass is 16.5. The van der Waals surface area contributed by atoms with Crippen molar-refractivity contribution in [3.05, 3.63) is 59.7 Å². The lowest BCUT2D eigenvalue weighted by atomic mass is 10.1. The zero-order chi connectivity index (χ0) is 12.8. The van der Waals surface area contributed by atoms with Crippen molar-refractivity contribution in [3.8, 4) is 0 Å². The van der Waals surface area contributed by atoms with Gasteiger partial charge in [0.2, 0.25) is 0 Å². The van der Waals surface area contributed by atoms with Gasteiger partial charge >= 0.3 is 5.97 Å². The molecule has 0 aliphatic heterocycles.